The fourth-order valence-electron chi connectivity index (χ4n) is 3.40. The van der Waals surface area contributed by atoms with Crippen molar-refractivity contribution in [3.63, 3.8) is 0 Å². The van der Waals surface area contributed by atoms with Crippen molar-refractivity contribution in [2.24, 2.45) is 0 Å². The van der Waals surface area contributed by atoms with Gasteiger partial charge in [0.15, 0.2) is 0 Å². The van der Waals surface area contributed by atoms with Crippen molar-refractivity contribution in [1.82, 2.24) is 16.0 Å². The van der Waals surface area contributed by atoms with Crippen LogP contribution in [0.15, 0.2) is 24.3 Å². The standard InChI is InChI=1S/C20H31N3O2/c1-15-9-6-7-12-18(15)16(2)22-19(24)13-8-14-21-20(25)23-17-10-4-3-5-11-17/h6-7,9,12,16-17H,3-5,8,10-11,13-14H2,1-2H3,(H,22,24)(H2,21,23,25). The van der Waals surface area contributed by atoms with Crippen molar-refractivity contribution in [2.45, 2.75) is 70.9 Å². The third kappa shape index (κ3) is 6.77. The Morgan fingerprint density at radius 2 is 1.88 bits per heavy atom. The summed E-state index contributed by atoms with van der Waals surface area (Å²) >= 11 is 0. The van der Waals surface area contributed by atoms with Gasteiger partial charge in [0.2, 0.25) is 5.91 Å². The first-order valence-corrected chi connectivity index (χ1v) is 9.45. The minimum atomic E-state index is -0.111. The number of aryl methyl sites for hydroxylation is 1. The van der Waals surface area contributed by atoms with E-state index < -0.39 is 0 Å². The van der Waals surface area contributed by atoms with Crippen molar-refractivity contribution in [1.29, 1.82) is 0 Å². The van der Waals surface area contributed by atoms with Gasteiger partial charge in [0.1, 0.15) is 0 Å². The van der Waals surface area contributed by atoms with E-state index in [-0.39, 0.29) is 18.0 Å². The second-order valence-electron chi connectivity index (χ2n) is 6.98. The average molecular weight is 345 g/mol. The van der Waals surface area contributed by atoms with Crippen molar-refractivity contribution in [3.8, 4) is 0 Å². The molecule has 0 heterocycles. The Hall–Kier alpha value is -2.04. The predicted octanol–water partition coefficient (Wildman–Crippen LogP) is 3.58. The van der Waals surface area contributed by atoms with Gasteiger partial charge < -0.3 is 16.0 Å². The highest BCUT2D eigenvalue weighted by molar-refractivity contribution is 5.77. The first-order chi connectivity index (χ1) is 12.1. The third-order valence-electron chi connectivity index (χ3n) is 4.84. The molecule has 1 aliphatic rings. The van der Waals surface area contributed by atoms with Gasteiger partial charge in [-0.15, -0.1) is 0 Å². The maximum absolute atomic E-state index is 12.1. The molecule has 1 fully saturated rings. The van der Waals surface area contributed by atoms with Crippen molar-refractivity contribution in [2.75, 3.05) is 6.54 Å². The Morgan fingerprint density at radius 1 is 1.16 bits per heavy atom. The molecule has 3 N–H and O–H groups in total. The fourth-order valence-corrected chi connectivity index (χ4v) is 3.40. The van der Waals surface area contributed by atoms with Crippen LogP contribution >= 0.6 is 0 Å². The molecule has 0 saturated heterocycles. The van der Waals surface area contributed by atoms with Crippen molar-refractivity contribution >= 4 is 11.9 Å². The summed E-state index contributed by atoms with van der Waals surface area (Å²) in [6, 6.07) is 8.27. The fraction of sp³-hybridized carbons (Fsp3) is 0.600. The lowest BCUT2D eigenvalue weighted by molar-refractivity contribution is -0.121. The summed E-state index contributed by atoms with van der Waals surface area (Å²) in [6.45, 7) is 4.56. The SMILES string of the molecule is Cc1ccccc1C(C)NC(=O)CCCNC(=O)NC1CCCCC1. The Bertz CT molecular complexity index is 568. The first-order valence-electron chi connectivity index (χ1n) is 9.45. The van der Waals surface area contributed by atoms with Crippen molar-refractivity contribution < 1.29 is 9.59 Å². The molecule has 138 valence electrons. The largest absolute Gasteiger partial charge is 0.350 e. The molecule has 25 heavy (non-hydrogen) atoms. The van der Waals surface area contributed by atoms with Crippen LogP contribution in [-0.2, 0) is 4.79 Å². The van der Waals surface area contributed by atoms with E-state index in [0.29, 0.717) is 25.4 Å². The summed E-state index contributed by atoms with van der Waals surface area (Å²) in [6.07, 6.45) is 6.88. The minimum Gasteiger partial charge on any atom is -0.350 e. The van der Waals surface area contributed by atoms with Crippen LogP contribution in [0.4, 0.5) is 4.79 Å². The summed E-state index contributed by atoms with van der Waals surface area (Å²) in [5.41, 5.74) is 2.32. The zero-order chi connectivity index (χ0) is 18.1. The molecule has 0 bridgehead atoms. The third-order valence-corrected chi connectivity index (χ3v) is 4.84. The molecular weight excluding hydrogens is 314 g/mol. The smallest absolute Gasteiger partial charge is 0.315 e. The molecule has 0 radical (unpaired) electrons. The Balaban J connectivity index is 1.60. The molecule has 5 heteroatoms. The number of nitrogens with one attached hydrogen (secondary N) is 3. The number of hydrogen-bond donors (Lipinski definition) is 3. The van der Waals surface area contributed by atoms with E-state index in [0.717, 1.165) is 18.4 Å². The number of benzene rings is 1. The van der Waals surface area contributed by atoms with E-state index in [4.69, 9.17) is 0 Å². The summed E-state index contributed by atoms with van der Waals surface area (Å²) < 4.78 is 0. The van der Waals surface area contributed by atoms with Gasteiger partial charge in [-0.1, -0.05) is 43.5 Å². The van der Waals surface area contributed by atoms with Crippen LogP contribution in [0.5, 0.6) is 0 Å². The van der Waals surface area contributed by atoms with E-state index >= 15 is 0 Å². The Labute approximate surface area is 151 Å². The van der Waals surface area contributed by atoms with Gasteiger partial charge in [-0.3, -0.25) is 4.79 Å². The van der Waals surface area contributed by atoms with Crippen LogP contribution in [0.3, 0.4) is 0 Å². The van der Waals surface area contributed by atoms with Crippen LogP contribution in [0.1, 0.15) is 69.0 Å². The van der Waals surface area contributed by atoms with E-state index in [9.17, 15) is 9.59 Å². The molecular formula is C20H31N3O2. The van der Waals surface area contributed by atoms with Gasteiger partial charge in [0, 0.05) is 19.0 Å². The van der Waals surface area contributed by atoms with Gasteiger partial charge >= 0.3 is 6.03 Å². The normalized spacial score (nSPS) is 16.1. The van der Waals surface area contributed by atoms with Gasteiger partial charge in [-0.05, 0) is 44.2 Å². The average Bonchev–Trinajstić information content (AvgIpc) is 2.60. The molecule has 1 aliphatic carbocycles. The molecule has 3 amide bonds. The van der Waals surface area contributed by atoms with E-state index in [1.54, 1.807) is 0 Å². The number of rotatable bonds is 7. The highest BCUT2D eigenvalue weighted by Crippen LogP contribution is 2.17. The first kappa shape index (κ1) is 19.3. The maximum Gasteiger partial charge on any atom is 0.315 e. The van der Waals surface area contributed by atoms with Crippen LogP contribution < -0.4 is 16.0 Å². The molecule has 5 nitrogen and oxygen atoms in total. The lowest BCUT2D eigenvalue weighted by Gasteiger charge is -2.22. The minimum absolute atomic E-state index is 0.00346. The van der Waals surface area contributed by atoms with E-state index in [1.807, 2.05) is 38.1 Å². The van der Waals surface area contributed by atoms with Gasteiger partial charge in [0.25, 0.3) is 0 Å². The van der Waals surface area contributed by atoms with Gasteiger partial charge in [-0.2, -0.15) is 0 Å². The summed E-state index contributed by atoms with van der Waals surface area (Å²) in [4.78, 5) is 23.9. The molecule has 0 aliphatic heterocycles. The molecule has 2 rings (SSSR count). The van der Waals surface area contributed by atoms with E-state index in [1.165, 1.54) is 24.8 Å². The molecule has 0 aromatic heterocycles. The Morgan fingerprint density at radius 3 is 2.60 bits per heavy atom. The molecule has 1 aromatic rings. The predicted molar refractivity (Wildman–Crippen MR) is 100 cm³/mol. The van der Waals surface area contributed by atoms with Gasteiger partial charge in [-0.25, -0.2) is 4.79 Å². The second kappa shape index (κ2) is 10.1. The van der Waals surface area contributed by atoms with Crippen LogP contribution in [0.25, 0.3) is 0 Å². The highest BCUT2D eigenvalue weighted by atomic mass is 16.2. The second-order valence-corrected chi connectivity index (χ2v) is 6.98. The Kier molecular flexibility index (Phi) is 7.76. The van der Waals surface area contributed by atoms with Crippen LogP contribution in [-0.4, -0.2) is 24.5 Å². The quantitative estimate of drug-likeness (QED) is 0.661. The lowest BCUT2D eigenvalue weighted by Crippen LogP contribution is -2.43. The molecule has 1 aromatic carbocycles. The molecule has 0 spiro atoms. The maximum atomic E-state index is 12.1. The van der Waals surface area contributed by atoms with Gasteiger partial charge in [0.05, 0.1) is 6.04 Å². The molecule has 1 atom stereocenters. The zero-order valence-electron chi connectivity index (χ0n) is 15.4. The van der Waals surface area contributed by atoms with Crippen LogP contribution in [0.2, 0.25) is 0 Å². The molecule has 1 unspecified atom stereocenters. The summed E-state index contributed by atoms with van der Waals surface area (Å²) in [5.74, 6) is 0.0187. The number of urea groups is 1. The number of carbonyl (C=O) groups excluding carboxylic acids is 2. The summed E-state index contributed by atoms with van der Waals surface area (Å²) in [7, 11) is 0. The number of hydrogen-bond acceptors (Lipinski definition) is 2. The van der Waals surface area contributed by atoms with Crippen LogP contribution in [0, 0.1) is 6.92 Å². The molecule has 1 saturated carbocycles. The van der Waals surface area contributed by atoms with E-state index in [2.05, 4.69) is 16.0 Å². The topological polar surface area (TPSA) is 70.2 Å². The number of carbonyl (C=O) groups is 2. The zero-order valence-corrected chi connectivity index (χ0v) is 15.4. The summed E-state index contributed by atoms with van der Waals surface area (Å²) in [5, 5.41) is 8.89. The van der Waals surface area contributed by atoms with Crippen molar-refractivity contribution in [3.05, 3.63) is 35.4 Å². The lowest BCUT2D eigenvalue weighted by atomic mass is 9.96. The number of amides is 3. The monoisotopic (exact) mass is 345 g/mol. The highest BCUT2D eigenvalue weighted by Gasteiger charge is 2.15.